The highest BCUT2D eigenvalue weighted by Gasteiger charge is 2.24. The monoisotopic (exact) mass is 415 g/mol. The summed E-state index contributed by atoms with van der Waals surface area (Å²) >= 11 is 6.22. The number of hydrogen-bond acceptors (Lipinski definition) is 4. The quantitative estimate of drug-likeness (QED) is 0.462. The van der Waals surface area contributed by atoms with E-state index in [0.717, 1.165) is 47.2 Å². The molecule has 0 amide bonds. The van der Waals surface area contributed by atoms with Gasteiger partial charge in [0.25, 0.3) is 0 Å². The summed E-state index contributed by atoms with van der Waals surface area (Å²) in [5.74, 6) is -0.259. The van der Waals surface area contributed by atoms with E-state index in [1.165, 1.54) is 5.56 Å². The first-order chi connectivity index (χ1) is 14.6. The minimum absolute atomic E-state index is 0.195. The molecule has 6 heteroatoms. The first-order valence-electron chi connectivity index (χ1n) is 9.76. The van der Waals surface area contributed by atoms with Crippen molar-refractivity contribution in [2.24, 2.45) is 0 Å². The Kier molecular flexibility index (Phi) is 4.60. The predicted molar refractivity (Wildman–Crippen MR) is 119 cm³/mol. The molecule has 0 saturated heterocycles. The van der Waals surface area contributed by atoms with Gasteiger partial charge in [0, 0.05) is 22.8 Å². The fraction of sp³-hybridized carbons (Fsp3) is 0.125. The summed E-state index contributed by atoms with van der Waals surface area (Å²) in [6, 6.07) is 20.7. The Balaban J connectivity index is 1.76. The predicted octanol–water partition coefficient (Wildman–Crippen LogP) is 5.73. The van der Waals surface area contributed by atoms with Crippen LogP contribution in [0.5, 0.6) is 0 Å². The number of anilines is 2. The van der Waals surface area contributed by atoms with Crippen LogP contribution in [-0.4, -0.2) is 27.6 Å². The average molecular weight is 416 g/mol. The smallest absolute Gasteiger partial charge is 0.335 e. The van der Waals surface area contributed by atoms with Crippen molar-refractivity contribution in [3.63, 3.8) is 0 Å². The van der Waals surface area contributed by atoms with Crippen molar-refractivity contribution >= 4 is 40.1 Å². The number of rotatable bonds is 3. The summed E-state index contributed by atoms with van der Waals surface area (Å²) in [4.78, 5) is 23.4. The van der Waals surface area contributed by atoms with Gasteiger partial charge in [-0.2, -0.15) is 0 Å². The molecule has 3 aromatic carbocycles. The van der Waals surface area contributed by atoms with Gasteiger partial charge in [-0.1, -0.05) is 41.9 Å². The molecule has 5 rings (SSSR count). The number of nitrogens with zero attached hydrogens (tertiary/aromatic N) is 3. The maximum Gasteiger partial charge on any atom is 0.335 e. The summed E-state index contributed by atoms with van der Waals surface area (Å²) in [6.07, 6.45) is 1.92. The largest absolute Gasteiger partial charge is 0.478 e. The lowest BCUT2D eigenvalue weighted by Crippen LogP contribution is -2.26. The van der Waals surface area contributed by atoms with E-state index in [0.29, 0.717) is 11.0 Å². The number of aromatic nitrogens is 2. The Morgan fingerprint density at radius 3 is 2.60 bits per heavy atom. The number of aromatic carboxylic acids is 1. The molecule has 2 heterocycles. The van der Waals surface area contributed by atoms with Crippen LogP contribution in [0.3, 0.4) is 0 Å². The summed E-state index contributed by atoms with van der Waals surface area (Å²) in [6.45, 7) is 0.799. The van der Waals surface area contributed by atoms with Crippen LogP contribution < -0.4 is 4.90 Å². The fourth-order valence-electron chi connectivity index (χ4n) is 3.94. The Labute approximate surface area is 178 Å². The third kappa shape index (κ3) is 3.27. The molecular weight excluding hydrogens is 398 g/mol. The van der Waals surface area contributed by atoms with Gasteiger partial charge in [-0.05, 0) is 54.8 Å². The van der Waals surface area contributed by atoms with Crippen molar-refractivity contribution in [3.8, 4) is 11.3 Å². The zero-order valence-electron chi connectivity index (χ0n) is 16.0. The molecule has 0 saturated carbocycles. The van der Waals surface area contributed by atoms with Crippen molar-refractivity contribution in [2.45, 2.75) is 12.8 Å². The maximum atomic E-state index is 11.4. The number of carboxylic acids is 1. The molecule has 5 nitrogen and oxygen atoms in total. The second-order valence-corrected chi connectivity index (χ2v) is 7.74. The van der Waals surface area contributed by atoms with Crippen molar-refractivity contribution < 1.29 is 9.90 Å². The summed E-state index contributed by atoms with van der Waals surface area (Å²) in [5, 5.41) is 10.1. The van der Waals surface area contributed by atoms with Crippen molar-refractivity contribution in [1.29, 1.82) is 0 Å². The molecule has 0 aliphatic carbocycles. The molecule has 148 valence electrons. The van der Waals surface area contributed by atoms with Crippen LogP contribution in [-0.2, 0) is 6.42 Å². The van der Waals surface area contributed by atoms with E-state index < -0.39 is 5.97 Å². The molecule has 0 atom stereocenters. The van der Waals surface area contributed by atoms with Crippen molar-refractivity contribution in [3.05, 3.63) is 82.9 Å². The van der Waals surface area contributed by atoms with E-state index in [1.54, 1.807) is 18.2 Å². The van der Waals surface area contributed by atoms with E-state index in [1.807, 2.05) is 48.5 Å². The minimum Gasteiger partial charge on any atom is -0.478 e. The van der Waals surface area contributed by atoms with Gasteiger partial charge in [-0.15, -0.1) is 0 Å². The number of fused-ring (bicyclic) bond motifs is 2. The summed E-state index contributed by atoms with van der Waals surface area (Å²) < 4.78 is 0. The molecule has 0 spiro atoms. The summed E-state index contributed by atoms with van der Waals surface area (Å²) in [7, 11) is 0. The summed E-state index contributed by atoms with van der Waals surface area (Å²) in [5.41, 5.74) is 5.39. The number of carbonyl (C=O) groups is 1. The van der Waals surface area contributed by atoms with Gasteiger partial charge >= 0.3 is 5.97 Å². The van der Waals surface area contributed by atoms with Crippen LogP contribution in [0.1, 0.15) is 22.3 Å². The van der Waals surface area contributed by atoms with Gasteiger partial charge in [0.2, 0.25) is 0 Å². The van der Waals surface area contributed by atoms with E-state index in [2.05, 4.69) is 4.90 Å². The third-order valence-corrected chi connectivity index (χ3v) is 5.59. The highest BCUT2D eigenvalue weighted by atomic mass is 35.5. The lowest BCUT2D eigenvalue weighted by atomic mass is 10.0. The molecular formula is C24H18ClN3O2. The molecule has 0 unspecified atom stereocenters. The molecule has 0 radical (unpaired) electrons. The Morgan fingerprint density at radius 2 is 1.80 bits per heavy atom. The number of hydrogen-bond donors (Lipinski definition) is 1. The van der Waals surface area contributed by atoms with Crippen LogP contribution in [0, 0.1) is 0 Å². The van der Waals surface area contributed by atoms with Crippen LogP contribution in [0.25, 0.3) is 22.3 Å². The molecule has 1 aliphatic heterocycles. The second kappa shape index (κ2) is 7.43. The zero-order chi connectivity index (χ0) is 20.7. The molecule has 1 aliphatic rings. The molecule has 0 fully saturated rings. The highest BCUT2D eigenvalue weighted by Crippen LogP contribution is 2.39. The molecule has 4 aromatic rings. The van der Waals surface area contributed by atoms with Crippen molar-refractivity contribution in [1.82, 2.24) is 9.97 Å². The van der Waals surface area contributed by atoms with E-state index >= 15 is 0 Å². The number of aryl methyl sites for hydroxylation is 1. The third-order valence-electron chi connectivity index (χ3n) is 5.36. The Bertz CT molecular complexity index is 1270. The lowest BCUT2D eigenvalue weighted by Gasteiger charge is -2.31. The number of halogens is 1. The number of carboxylic acid groups (broad SMARTS) is 1. The standard InChI is InChI=1S/C24H18ClN3O2/c25-18-9-11-21-16(13-18)7-4-12-28(21)23-22(15-5-2-1-3-6-15)26-19-10-8-17(24(29)30)14-20(19)27-23/h1-3,5-6,8-11,13-14H,4,7,12H2,(H,29,30). The molecule has 1 N–H and O–H groups in total. The van der Waals surface area contributed by atoms with Crippen LogP contribution in [0.2, 0.25) is 5.02 Å². The SMILES string of the molecule is O=C(O)c1ccc2nc(-c3ccccc3)c(N3CCCc4cc(Cl)ccc43)nc2c1. The van der Waals surface area contributed by atoms with Gasteiger partial charge in [0.1, 0.15) is 5.69 Å². The highest BCUT2D eigenvalue weighted by molar-refractivity contribution is 6.30. The number of benzene rings is 3. The van der Waals surface area contributed by atoms with Gasteiger partial charge in [0.15, 0.2) is 5.82 Å². The average Bonchev–Trinajstić information content (AvgIpc) is 2.77. The van der Waals surface area contributed by atoms with E-state index in [4.69, 9.17) is 21.6 Å². The minimum atomic E-state index is -0.981. The first kappa shape index (κ1) is 18.6. The van der Waals surface area contributed by atoms with Crippen molar-refractivity contribution in [2.75, 3.05) is 11.4 Å². The van der Waals surface area contributed by atoms with Crippen LogP contribution in [0.4, 0.5) is 11.5 Å². The topological polar surface area (TPSA) is 66.3 Å². The van der Waals surface area contributed by atoms with Gasteiger partial charge < -0.3 is 10.0 Å². The van der Waals surface area contributed by atoms with Crippen LogP contribution in [0.15, 0.2) is 66.7 Å². The normalized spacial score (nSPS) is 13.3. The van der Waals surface area contributed by atoms with E-state index in [9.17, 15) is 9.90 Å². The molecule has 30 heavy (non-hydrogen) atoms. The van der Waals surface area contributed by atoms with E-state index in [-0.39, 0.29) is 5.56 Å². The van der Waals surface area contributed by atoms with Gasteiger partial charge in [-0.3, -0.25) is 0 Å². The maximum absolute atomic E-state index is 11.4. The fourth-order valence-corrected chi connectivity index (χ4v) is 4.14. The Hall–Kier alpha value is -3.44. The zero-order valence-corrected chi connectivity index (χ0v) is 16.8. The molecule has 1 aromatic heterocycles. The van der Waals surface area contributed by atoms with Gasteiger partial charge in [-0.25, -0.2) is 14.8 Å². The second-order valence-electron chi connectivity index (χ2n) is 7.30. The lowest BCUT2D eigenvalue weighted by molar-refractivity contribution is 0.0697. The Morgan fingerprint density at radius 1 is 0.967 bits per heavy atom. The molecule has 0 bridgehead atoms. The van der Waals surface area contributed by atoms with Crippen LogP contribution >= 0.6 is 11.6 Å². The van der Waals surface area contributed by atoms with Gasteiger partial charge in [0.05, 0.1) is 16.6 Å². The first-order valence-corrected chi connectivity index (χ1v) is 10.1.